The molecule has 0 aliphatic carbocycles. The minimum Gasteiger partial charge on any atom is -0.336 e. The van der Waals surface area contributed by atoms with Crippen LogP contribution in [0.1, 0.15) is 76.0 Å². The van der Waals surface area contributed by atoms with Gasteiger partial charge in [-0.1, -0.05) is 65.8 Å². The number of piperazine rings is 1. The van der Waals surface area contributed by atoms with Crippen LogP contribution in [0, 0.1) is 11.8 Å². The molecule has 1 saturated heterocycles. The quantitative estimate of drug-likeness (QED) is 0.634. The molecule has 0 bridgehead atoms. The van der Waals surface area contributed by atoms with Crippen LogP contribution in [0.15, 0.2) is 30.3 Å². The van der Waals surface area contributed by atoms with E-state index in [4.69, 9.17) is 0 Å². The van der Waals surface area contributed by atoms with Gasteiger partial charge in [0.25, 0.3) is 5.91 Å². The Kier molecular flexibility index (Phi) is 7.88. The summed E-state index contributed by atoms with van der Waals surface area (Å²) in [5.74, 6) is 0.987. The van der Waals surface area contributed by atoms with Crippen LogP contribution < -0.4 is 0 Å². The highest BCUT2D eigenvalue weighted by Crippen LogP contribution is 2.29. The van der Waals surface area contributed by atoms with Crippen LogP contribution in [0.3, 0.4) is 0 Å². The number of aromatic nitrogens is 2. The van der Waals surface area contributed by atoms with Crippen molar-refractivity contribution in [3.8, 4) is 11.3 Å². The summed E-state index contributed by atoms with van der Waals surface area (Å²) in [6, 6.07) is 10.3. The van der Waals surface area contributed by atoms with Gasteiger partial charge in [0.05, 0.1) is 11.7 Å². The lowest BCUT2D eigenvalue weighted by atomic mass is 9.93. The summed E-state index contributed by atoms with van der Waals surface area (Å²) in [6.45, 7) is 16.0. The maximum Gasteiger partial charge on any atom is 0.274 e. The van der Waals surface area contributed by atoms with Crippen molar-refractivity contribution in [2.75, 3.05) is 19.6 Å². The number of hydrogen-bond acceptors (Lipinski definition) is 4. The number of carbonyl (C=O) groups excluding carboxylic acids is 2. The Morgan fingerprint density at radius 1 is 1.03 bits per heavy atom. The second kappa shape index (κ2) is 10.4. The average Bonchev–Trinajstić information content (AvgIpc) is 2.77. The van der Waals surface area contributed by atoms with E-state index in [1.165, 1.54) is 5.56 Å². The summed E-state index contributed by atoms with van der Waals surface area (Å²) in [6.07, 6.45) is 0.758. The van der Waals surface area contributed by atoms with Crippen molar-refractivity contribution >= 4 is 11.8 Å². The third-order valence-electron chi connectivity index (χ3n) is 6.44. The number of carbonyl (C=O) groups is 2. The van der Waals surface area contributed by atoms with Gasteiger partial charge in [-0.3, -0.25) is 9.59 Å². The maximum absolute atomic E-state index is 13.6. The topological polar surface area (TPSA) is 66.4 Å². The zero-order valence-corrected chi connectivity index (χ0v) is 21.1. The molecule has 3 rings (SSSR count). The largest absolute Gasteiger partial charge is 0.336 e. The highest BCUT2D eigenvalue weighted by atomic mass is 16.2. The van der Waals surface area contributed by atoms with Crippen LogP contribution in [0.4, 0.5) is 0 Å². The molecule has 0 N–H and O–H groups in total. The van der Waals surface area contributed by atoms with E-state index < -0.39 is 0 Å². The lowest BCUT2D eigenvalue weighted by Crippen LogP contribution is -2.58. The second-order valence-corrected chi connectivity index (χ2v) is 10.2. The molecule has 0 unspecified atom stereocenters. The van der Waals surface area contributed by atoms with Crippen molar-refractivity contribution in [1.29, 1.82) is 0 Å². The SMILES string of the molecule is CC(=O)N1CCN(C(=O)c2nnc(-c3ccccc3C(C)C)cc2CC(C)C)C[C@@H]1C(C)C. The first-order valence-corrected chi connectivity index (χ1v) is 12.1. The molecule has 178 valence electrons. The summed E-state index contributed by atoms with van der Waals surface area (Å²) < 4.78 is 0. The summed E-state index contributed by atoms with van der Waals surface area (Å²) in [5, 5.41) is 9.00. The van der Waals surface area contributed by atoms with Crippen molar-refractivity contribution < 1.29 is 9.59 Å². The third-order valence-corrected chi connectivity index (χ3v) is 6.44. The summed E-state index contributed by atoms with van der Waals surface area (Å²) in [5.41, 5.74) is 4.48. The molecule has 1 fully saturated rings. The normalized spacial score (nSPS) is 16.7. The van der Waals surface area contributed by atoms with Crippen LogP contribution in [0.2, 0.25) is 0 Å². The van der Waals surface area contributed by atoms with Gasteiger partial charge in [-0.15, -0.1) is 10.2 Å². The monoisotopic (exact) mass is 450 g/mol. The van der Waals surface area contributed by atoms with Gasteiger partial charge in [-0.25, -0.2) is 0 Å². The Morgan fingerprint density at radius 3 is 2.33 bits per heavy atom. The molecule has 2 aromatic rings. The Morgan fingerprint density at radius 2 is 1.73 bits per heavy atom. The first-order chi connectivity index (χ1) is 15.6. The van der Waals surface area contributed by atoms with Crippen molar-refractivity contribution in [2.45, 2.75) is 66.8 Å². The smallest absolute Gasteiger partial charge is 0.274 e. The fourth-order valence-electron chi connectivity index (χ4n) is 4.68. The van der Waals surface area contributed by atoms with Crippen molar-refractivity contribution in [1.82, 2.24) is 20.0 Å². The van der Waals surface area contributed by atoms with E-state index in [2.05, 4.69) is 63.9 Å². The number of amides is 2. The Labute approximate surface area is 198 Å². The number of hydrogen-bond donors (Lipinski definition) is 0. The van der Waals surface area contributed by atoms with Gasteiger partial charge < -0.3 is 9.80 Å². The van der Waals surface area contributed by atoms with Crippen LogP contribution in [0.25, 0.3) is 11.3 Å². The molecule has 6 nitrogen and oxygen atoms in total. The Hall–Kier alpha value is -2.76. The molecular formula is C27H38N4O2. The second-order valence-electron chi connectivity index (χ2n) is 10.2. The van der Waals surface area contributed by atoms with E-state index in [1.54, 1.807) is 6.92 Å². The molecular weight excluding hydrogens is 412 g/mol. The number of nitrogens with zero attached hydrogens (tertiary/aromatic N) is 4. The zero-order valence-electron chi connectivity index (χ0n) is 21.1. The van der Waals surface area contributed by atoms with Gasteiger partial charge in [-0.05, 0) is 41.4 Å². The highest BCUT2D eigenvalue weighted by molar-refractivity contribution is 5.94. The molecule has 0 saturated carbocycles. The molecule has 1 aromatic carbocycles. The molecule has 0 spiro atoms. The zero-order chi connectivity index (χ0) is 24.3. The number of rotatable bonds is 6. The van der Waals surface area contributed by atoms with Crippen LogP contribution in [0.5, 0.6) is 0 Å². The summed E-state index contributed by atoms with van der Waals surface area (Å²) in [4.78, 5) is 29.4. The van der Waals surface area contributed by atoms with Crippen LogP contribution in [-0.4, -0.2) is 57.5 Å². The predicted molar refractivity (Wildman–Crippen MR) is 132 cm³/mol. The van der Waals surface area contributed by atoms with E-state index in [9.17, 15) is 9.59 Å². The van der Waals surface area contributed by atoms with Crippen LogP contribution in [-0.2, 0) is 11.2 Å². The van der Waals surface area contributed by atoms with Gasteiger partial charge in [0.1, 0.15) is 0 Å². The van der Waals surface area contributed by atoms with Crippen LogP contribution >= 0.6 is 0 Å². The third kappa shape index (κ3) is 5.60. The average molecular weight is 451 g/mol. The molecule has 1 aromatic heterocycles. The van der Waals surface area contributed by atoms with Crippen molar-refractivity contribution in [2.24, 2.45) is 11.8 Å². The molecule has 1 atom stereocenters. The van der Waals surface area contributed by atoms with Gasteiger partial charge in [0.2, 0.25) is 5.91 Å². The fourth-order valence-corrected chi connectivity index (χ4v) is 4.68. The van der Waals surface area contributed by atoms with E-state index >= 15 is 0 Å². The number of benzene rings is 1. The standard InChI is InChI=1S/C27H38N4O2/c1-17(2)14-21-15-24(23-11-9-8-10-22(23)18(3)4)28-29-26(21)27(33)30-12-13-31(20(7)32)25(16-30)19(5)6/h8-11,15,17-19,25H,12-14,16H2,1-7H3/t25-/m1/s1. The first kappa shape index (κ1) is 24.9. The summed E-state index contributed by atoms with van der Waals surface area (Å²) in [7, 11) is 0. The molecule has 1 aliphatic heterocycles. The van der Waals surface area contributed by atoms with E-state index in [1.807, 2.05) is 28.0 Å². The van der Waals surface area contributed by atoms with E-state index in [0.29, 0.717) is 37.2 Å². The molecule has 33 heavy (non-hydrogen) atoms. The highest BCUT2D eigenvalue weighted by Gasteiger charge is 2.34. The molecule has 6 heteroatoms. The molecule has 2 heterocycles. The minimum absolute atomic E-state index is 0.0129. The molecule has 0 radical (unpaired) electrons. The maximum atomic E-state index is 13.6. The van der Waals surface area contributed by atoms with Crippen molar-refractivity contribution in [3.05, 3.63) is 47.2 Å². The Bertz CT molecular complexity index is 999. The minimum atomic E-state index is -0.0873. The lowest BCUT2D eigenvalue weighted by Gasteiger charge is -2.43. The van der Waals surface area contributed by atoms with Gasteiger partial charge in [0, 0.05) is 32.1 Å². The van der Waals surface area contributed by atoms with Crippen molar-refractivity contribution in [3.63, 3.8) is 0 Å². The first-order valence-electron chi connectivity index (χ1n) is 12.1. The Balaban J connectivity index is 1.96. The van der Waals surface area contributed by atoms with Gasteiger partial charge >= 0.3 is 0 Å². The fraction of sp³-hybridized carbons (Fsp3) is 0.556. The van der Waals surface area contributed by atoms with Gasteiger partial charge in [-0.2, -0.15) is 0 Å². The summed E-state index contributed by atoms with van der Waals surface area (Å²) >= 11 is 0. The van der Waals surface area contributed by atoms with E-state index in [0.717, 1.165) is 23.2 Å². The molecule has 1 aliphatic rings. The lowest BCUT2D eigenvalue weighted by molar-refractivity contribution is -0.134. The predicted octanol–water partition coefficient (Wildman–Crippen LogP) is 4.79. The molecule has 2 amide bonds. The van der Waals surface area contributed by atoms with Gasteiger partial charge in [0.15, 0.2) is 5.69 Å². The van der Waals surface area contributed by atoms with E-state index in [-0.39, 0.29) is 23.8 Å².